The van der Waals surface area contributed by atoms with Crippen molar-refractivity contribution in [2.24, 2.45) is 27.5 Å². The molecule has 3 aliphatic rings. The highest BCUT2D eigenvalue weighted by molar-refractivity contribution is 8.21. The van der Waals surface area contributed by atoms with Gasteiger partial charge in [0, 0.05) is 12.0 Å². The molecule has 2 aliphatic carbocycles. The summed E-state index contributed by atoms with van der Waals surface area (Å²) in [6, 6.07) is 8.50. The zero-order chi connectivity index (χ0) is 24.7. The first-order valence-electron chi connectivity index (χ1n) is 13.0. The third kappa shape index (κ3) is 4.99. The van der Waals surface area contributed by atoms with E-state index in [0.717, 1.165) is 18.1 Å². The van der Waals surface area contributed by atoms with Gasteiger partial charge in [0.25, 0.3) is 0 Å². The van der Waals surface area contributed by atoms with Crippen molar-refractivity contribution in [3.63, 3.8) is 0 Å². The van der Waals surface area contributed by atoms with Gasteiger partial charge in [0.05, 0.1) is 22.7 Å². The van der Waals surface area contributed by atoms with Crippen LogP contribution in [0.4, 0.5) is 0 Å². The van der Waals surface area contributed by atoms with E-state index in [1.807, 2.05) is 25.6 Å². The van der Waals surface area contributed by atoms with Gasteiger partial charge in [0.1, 0.15) is 12.4 Å². The van der Waals surface area contributed by atoms with Crippen LogP contribution in [0.25, 0.3) is 4.91 Å². The number of nitrogens with zero attached hydrogens (tertiary/aromatic N) is 1. The van der Waals surface area contributed by atoms with Crippen molar-refractivity contribution < 1.29 is 9.47 Å². The Kier molecular flexibility index (Phi) is 7.30. The normalized spacial score (nSPS) is 32.2. The van der Waals surface area contributed by atoms with E-state index in [1.165, 1.54) is 53.2 Å². The van der Waals surface area contributed by atoms with Crippen molar-refractivity contribution in [3.05, 3.63) is 35.4 Å². The molecule has 5 atom stereocenters. The molecule has 188 valence electrons. The van der Waals surface area contributed by atoms with Gasteiger partial charge in [0.2, 0.25) is 0 Å². The summed E-state index contributed by atoms with van der Waals surface area (Å²) in [4.78, 5) is 6.47. The molecule has 0 radical (unpaired) electrons. The number of benzene rings is 1. The fraction of sp³-hybridized carbons (Fsp3) is 0.690. The Morgan fingerprint density at radius 2 is 1.97 bits per heavy atom. The second-order valence-electron chi connectivity index (χ2n) is 11.7. The van der Waals surface area contributed by atoms with Gasteiger partial charge in [-0.3, -0.25) is 4.99 Å². The summed E-state index contributed by atoms with van der Waals surface area (Å²) < 4.78 is 11.4. The molecule has 2 N–H and O–H groups in total. The van der Waals surface area contributed by atoms with E-state index in [2.05, 4.69) is 52.0 Å². The maximum Gasteiger partial charge on any atom is 0.119 e. The van der Waals surface area contributed by atoms with E-state index < -0.39 is 5.60 Å². The van der Waals surface area contributed by atoms with Crippen LogP contribution in [0, 0.1) is 16.7 Å². The minimum atomic E-state index is -0.417. The van der Waals surface area contributed by atoms with Crippen LogP contribution in [0.3, 0.4) is 0 Å². The quantitative estimate of drug-likeness (QED) is 0.407. The summed E-state index contributed by atoms with van der Waals surface area (Å²) in [5.74, 6) is 1.62. The van der Waals surface area contributed by atoms with Gasteiger partial charge in [-0.2, -0.15) is 0 Å². The van der Waals surface area contributed by atoms with Crippen LogP contribution in [0.1, 0.15) is 85.6 Å². The van der Waals surface area contributed by atoms with Crippen LogP contribution in [-0.2, 0) is 4.74 Å². The van der Waals surface area contributed by atoms with E-state index in [9.17, 15) is 0 Å². The molecule has 4 rings (SSSR count). The predicted octanol–water partition coefficient (Wildman–Crippen LogP) is 7.08. The lowest BCUT2D eigenvalue weighted by Gasteiger charge is -2.34. The Balaban J connectivity index is 1.39. The van der Waals surface area contributed by atoms with Gasteiger partial charge >= 0.3 is 0 Å². The highest BCUT2D eigenvalue weighted by Crippen LogP contribution is 2.74. The molecular weight excluding hydrogens is 440 g/mol. The molecule has 4 nitrogen and oxygen atoms in total. The minimum absolute atomic E-state index is 0.198. The number of rotatable bonds is 9. The number of nitrogens with two attached hydrogens (primary N) is 1. The SMILES string of the molecule is CCC12CC(CC3=NC(C)C(C)=C(c4ccc(OCC(N)C(C)(C)OC)cc4)S3)CCC1(C)C2. The molecule has 0 spiro atoms. The molecule has 2 saturated carbocycles. The van der Waals surface area contributed by atoms with E-state index in [4.69, 9.17) is 20.2 Å². The second kappa shape index (κ2) is 9.63. The van der Waals surface area contributed by atoms with Crippen LogP contribution < -0.4 is 10.5 Å². The Hall–Kier alpha value is -1.30. The van der Waals surface area contributed by atoms with Gasteiger partial charge in [-0.15, -0.1) is 0 Å². The average molecular weight is 485 g/mol. The first kappa shape index (κ1) is 25.8. The molecule has 0 aromatic heterocycles. The number of hydrogen-bond acceptors (Lipinski definition) is 5. The highest BCUT2D eigenvalue weighted by atomic mass is 32.2. The molecule has 0 amide bonds. The van der Waals surface area contributed by atoms with E-state index in [-0.39, 0.29) is 12.1 Å². The zero-order valence-electron chi connectivity index (χ0n) is 22.2. The van der Waals surface area contributed by atoms with Gasteiger partial charge < -0.3 is 15.2 Å². The number of fused-ring (bicyclic) bond motifs is 1. The van der Waals surface area contributed by atoms with Crippen LogP contribution in [0.15, 0.2) is 34.8 Å². The first-order valence-corrected chi connectivity index (χ1v) is 13.8. The monoisotopic (exact) mass is 484 g/mol. The lowest BCUT2D eigenvalue weighted by atomic mass is 9.73. The van der Waals surface area contributed by atoms with Crippen LogP contribution in [-0.4, -0.2) is 36.4 Å². The summed E-state index contributed by atoms with van der Waals surface area (Å²) in [6.45, 7) is 13.8. The fourth-order valence-electron chi connectivity index (χ4n) is 6.02. The number of hydrogen-bond donors (Lipinski definition) is 1. The van der Waals surface area contributed by atoms with E-state index >= 15 is 0 Å². The lowest BCUT2D eigenvalue weighted by molar-refractivity contribution is -0.0109. The number of ether oxygens (including phenoxy) is 2. The molecule has 5 heteroatoms. The van der Waals surface area contributed by atoms with Crippen LogP contribution in [0.2, 0.25) is 0 Å². The van der Waals surface area contributed by atoms with Crippen molar-refractivity contribution >= 4 is 21.7 Å². The Bertz CT molecular complexity index is 953. The van der Waals surface area contributed by atoms with E-state index in [0.29, 0.717) is 17.4 Å². The maximum absolute atomic E-state index is 6.24. The van der Waals surface area contributed by atoms with Crippen molar-refractivity contribution in [2.75, 3.05) is 13.7 Å². The molecule has 1 aromatic rings. The molecule has 1 aromatic carbocycles. The smallest absolute Gasteiger partial charge is 0.119 e. The minimum Gasteiger partial charge on any atom is -0.492 e. The third-order valence-corrected chi connectivity index (χ3v) is 10.6. The summed E-state index contributed by atoms with van der Waals surface area (Å²) in [5.41, 5.74) is 9.68. The fourth-order valence-corrected chi connectivity index (χ4v) is 7.37. The molecule has 2 fully saturated rings. The third-order valence-electron chi connectivity index (χ3n) is 9.32. The average Bonchev–Trinajstić information content (AvgIpc) is 3.45. The molecule has 0 bridgehead atoms. The van der Waals surface area contributed by atoms with Crippen molar-refractivity contribution in [3.8, 4) is 5.75 Å². The lowest BCUT2D eigenvalue weighted by Crippen LogP contribution is -2.48. The number of aliphatic imine (C=N–C) groups is 1. The number of thioether (sulfide) groups is 1. The standard InChI is InChI=1S/C29H44N2O2S/c1-8-29-16-21(13-14-28(29,6)18-29)15-25-31-20(3)19(2)26(34-25)22-9-11-23(12-10-22)33-17-24(30)27(4,5)32-7/h9-12,20-21,24H,8,13-18,30H2,1-7H3. The summed E-state index contributed by atoms with van der Waals surface area (Å²) in [6.07, 6.45) is 8.06. The zero-order valence-corrected chi connectivity index (χ0v) is 23.1. The maximum atomic E-state index is 6.24. The second-order valence-corrected chi connectivity index (χ2v) is 12.8. The Morgan fingerprint density at radius 3 is 2.62 bits per heavy atom. The molecule has 34 heavy (non-hydrogen) atoms. The van der Waals surface area contributed by atoms with Crippen molar-refractivity contribution in [1.82, 2.24) is 0 Å². The molecule has 0 saturated heterocycles. The van der Waals surface area contributed by atoms with Crippen LogP contribution >= 0.6 is 11.8 Å². The van der Waals surface area contributed by atoms with Gasteiger partial charge in [0.15, 0.2) is 0 Å². The Labute approximate surface area is 211 Å². The highest BCUT2D eigenvalue weighted by Gasteiger charge is 2.64. The molecule has 1 heterocycles. The van der Waals surface area contributed by atoms with E-state index in [1.54, 1.807) is 7.11 Å². The summed E-state index contributed by atoms with van der Waals surface area (Å²) in [5, 5.41) is 1.32. The first-order chi connectivity index (χ1) is 16.0. The largest absolute Gasteiger partial charge is 0.492 e. The topological polar surface area (TPSA) is 56.8 Å². The van der Waals surface area contributed by atoms with Crippen molar-refractivity contribution in [2.45, 2.75) is 97.8 Å². The molecule has 5 unspecified atom stereocenters. The van der Waals surface area contributed by atoms with Gasteiger partial charge in [-0.05, 0) is 106 Å². The predicted molar refractivity (Wildman–Crippen MR) is 145 cm³/mol. The molecule has 1 aliphatic heterocycles. The van der Waals surface area contributed by atoms with Crippen molar-refractivity contribution in [1.29, 1.82) is 0 Å². The summed E-state index contributed by atoms with van der Waals surface area (Å²) in [7, 11) is 1.68. The molecular formula is C29H44N2O2S. The van der Waals surface area contributed by atoms with Gasteiger partial charge in [-0.25, -0.2) is 0 Å². The summed E-state index contributed by atoms with van der Waals surface area (Å²) >= 11 is 1.89. The van der Waals surface area contributed by atoms with Crippen LogP contribution in [0.5, 0.6) is 5.75 Å². The van der Waals surface area contributed by atoms with Gasteiger partial charge in [-0.1, -0.05) is 37.7 Å². The number of methoxy groups -OCH3 is 1. The Morgan fingerprint density at radius 1 is 1.26 bits per heavy atom.